The Morgan fingerprint density at radius 2 is 1.45 bits per heavy atom. The van der Waals surface area contributed by atoms with Crippen molar-refractivity contribution < 1.29 is 0 Å². The minimum atomic E-state index is -0.350. The van der Waals surface area contributed by atoms with E-state index in [0.29, 0.717) is 6.54 Å². The number of fused-ring (bicyclic) bond motifs is 10. The van der Waals surface area contributed by atoms with Crippen LogP contribution in [0.5, 0.6) is 0 Å². The molecule has 2 atom stereocenters. The Bertz CT molecular complexity index is 2550. The number of benzene rings is 5. The molecule has 56 heavy (non-hydrogen) atoms. The molecular formula is C55H53N. The van der Waals surface area contributed by atoms with E-state index in [1.165, 1.54) is 89.0 Å². The van der Waals surface area contributed by atoms with Crippen LogP contribution in [0.2, 0.25) is 0 Å². The van der Waals surface area contributed by atoms with E-state index >= 15 is 0 Å². The highest BCUT2D eigenvalue weighted by atomic mass is 14.6. The Morgan fingerprint density at radius 3 is 2.21 bits per heavy atom. The zero-order valence-corrected chi connectivity index (χ0v) is 33.5. The van der Waals surface area contributed by atoms with Gasteiger partial charge in [-0.25, -0.2) is 0 Å². The van der Waals surface area contributed by atoms with Crippen molar-refractivity contribution in [1.29, 1.82) is 0 Å². The molecule has 0 saturated carbocycles. The van der Waals surface area contributed by atoms with Crippen molar-refractivity contribution >= 4 is 23.3 Å². The van der Waals surface area contributed by atoms with Crippen molar-refractivity contribution in [2.75, 3.05) is 0 Å². The smallest absolute Gasteiger partial charge is 0.0685 e. The average molecular weight is 728 g/mol. The number of rotatable bonds is 6. The SMILES string of the molecule is CC.CC/C=C\C1=C(C)C2(c3ccccc31)c1ccccc1-c1c2ccc(CN)c1C1=CC=CCC1c1ccc(-c2cc3c(c4c2C=CCC4)CCC=C3)cc1. The second-order valence-electron chi connectivity index (χ2n) is 15.6. The third kappa shape index (κ3) is 5.39. The van der Waals surface area contributed by atoms with E-state index < -0.39 is 0 Å². The summed E-state index contributed by atoms with van der Waals surface area (Å²) >= 11 is 0. The monoisotopic (exact) mass is 727 g/mol. The molecule has 1 spiro atoms. The highest BCUT2D eigenvalue weighted by molar-refractivity contribution is 6.00. The summed E-state index contributed by atoms with van der Waals surface area (Å²) in [5, 5.41) is 0. The van der Waals surface area contributed by atoms with Crippen LogP contribution in [0.25, 0.3) is 45.6 Å². The highest BCUT2D eigenvalue weighted by Crippen LogP contribution is 2.63. The summed E-state index contributed by atoms with van der Waals surface area (Å²) in [7, 11) is 0. The minimum absolute atomic E-state index is 0.223. The summed E-state index contributed by atoms with van der Waals surface area (Å²) < 4.78 is 0. The summed E-state index contributed by atoms with van der Waals surface area (Å²) in [5.41, 5.74) is 31.2. The van der Waals surface area contributed by atoms with Gasteiger partial charge in [-0.3, -0.25) is 0 Å². The van der Waals surface area contributed by atoms with E-state index in [0.717, 1.165) is 38.5 Å². The molecule has 5 aliphatic carbocycles. The molecule has 0 aliphatic heterocycles. The maximum Gasteiger partial charge on any atom is 0.0685 e. The number of nitrogens with two attached hydrogens (primary N) is 1. The Labute approximate surface area is 334 Å². The van der Waals surface area contributed by atoms with Crippen molar-refractivity contribution in [2.45, 2.75) is 84.1 Å². The Morgan fingerprint density at radius 1 is 0.732 bits per heavy atom. The van der Waals surface area contributed by atoms with Gasteiger partial charge in [0.1, 0.15) is 0 Å². The standard InChI is InChI=1S/C53H47N.C2H6/c1-3-4-16-39-34(2)53(48-24-13-11-21-44(39)48)49-25-14-12-23-46(49)52-50(53)31-30-38(33-54)51(52)45-22-10-7-17-40(45)35-26-28-36(29-27-35)47-32-37-15-5-6-18-41(37)42-19-8-9-20-43(42)47;1-2/h4-5,7,9-16,20-32,40H,3,6,8,17-19,33,54H2,1-2H3;1-2H3/b16-4-;. The maximum atomic E-state index is 6.70. The molecule has 0 radical (unpaired) electrons. The van der Waals surface area contributed by atoms with Crippen LogP contribution in [0.1, 0.15) is 120 Å². The fourth-order valence-corrected chi connectivity index (χ4v) is 10.6. The van der Waals surface area contributed by atoms with Gasteiger partial charge >= 0.3 is 0 Å². The van der Waals surface area contributed by atoms with Gasteiger partial charge in [0.2, 0.25) is 0 Å². The fraction of sp³-hybridized carbons (Fsp3) is 0.236. The predicted octanol–water partition coefficient (Wildman–Crippen LogP) is 14.0. The van der Waals surface area contributed by atoms with Crippen LogP contribution in [-0.2, 0) is 24.8 Å². The molecule has 5 aliphatic rings. The lowest BCUT2D eigenvalue weighted by Crippen LogP contribution is -2.26. The van der Waals surface area contributed by atoms with E-state index in [2.05, 4.69) is 160 Å². The molecule has 1 heteroatoms. The first-order valence-electron chi connectivity index (χ1n) is 21.1. The predicted molar refractivity (Wildman–Crippen MR) is 241 cm³/mol. The molecule has 5 aromatic carbocycles. The van der Waals surface area contributed by atoms with E-state index in [4.69, 9.17) is 5.73 Å². The topological polar surface area (TPSA) is 26.0 Å². The molecular weight excluding hydrogens is 675 g/mol. The molecule has 1 nitrogen and oxygen atoms in total. The molecule has 10 rings (SSSR count). The first-order chi connectivity index (χ1) is 27.6. The first-order valence-corrected chi connectivity index (χ1v) is 21.1. The number of hydrogen-bond donors (Lipinski definition) is 1. The molecule has 278 valence electrons. The lowest BCUT2D eigenvalue weighted by atomic mass is 9.69. The summed E-state index contributed by atoms with van der Waals surface area (Å²) in [6.45, 7) is 9.08. The zero-order valence-electron chi connectivity index (χ0n) is 33.5. The zero-order chi connectivity index (χ0) is 38.4. The van der Waals surface area contributed by atoms with E-state index in [9.17, 15) is 0 Å². The highest BCUT2D eigenvalue weighted by Gasteiger charge is 2.52. The second-order valence-corrected chi connectivity index (χ2v) is 15.6. The molecule has 0 amide bonds. The van der Waals surface area contributed by atoms with Gasteiger partial charge < -0.3 is 5.73 Å². The van der Waals surface area contributed by atoms with Crippen LogP contribution in [0, 0.1) is 0 Å². The van der Waals surface area contributed by atoms with E-state index in [1.807, 2.05) is 13.8 Å². The molecule has 0 aromatic heterocycles. The summed E-state index contributed by atoms with van der Waals surface area (Å²) in [6.07, 6.45) is 27.6. The fourth-order valence-electron chi connectivity index (χ4n) is 10.6. The number of hydrogen-bond acceptors (Lipinski definition) is 1. The molecule has 0 saturated heterocycles. The van der Waals surface area contributed by atoms with Crippen LogP contribution >= 0.6 is 0 Å². The van der Waals surface area contributed by atoms with Crippen molar-refractivity contribution in [3.63, 3.8) is 0 Å². The number of allylic oxidation sites excluding steroid dienone is 10. The van der Waals surface area contributed by atoms with E-state index in [-0.39, 0.29) is 11.3 Å². The van der Waals surface area contributed by atoms with Gasteiger partial charge in [0, 0.05) is 12.5 Å². The van der Waals surface area contributed by atoms with Gasteiger partial charge in [-0.05, 0) is 152 Å². The van der Waals surface area contributed by atoms with E-state index in [1.54, 1.807) is 11.1 Å². The minimum Gasteiger partial charge on any atom is -0.326 e. The van der Waals surface area contributed by atoms with Gasteiger partial charge in [0.15, 0.2) is 0 Å². The molecule has 2 unspecified atom stereocenters. The van der Waals surface area contributed by atoms with Gasteiger partial charge in [0.05, 0.1) is 5.41 Å². The van der Waals surface area contributed by atoms with Gasteiger partial charge in [-0.15, -0.1) is 0 Å². The van der Waals surface area contributed by atoms with Crippen molar-refractivity contribution in [3.8, 4) is 22.3 Å². The summed E-state index contributed by atoms with van der Waals surface area (Å²) in [6, 6.07) is 35.0. The van der Waals surface area contributed by atoms with Crippen LogP contribution in [-0.4, -0.2) is 0 Å². The Kier molecular flexibility index (Phi) is 9.60. The van der Waals surface area contributed by atoms with Crippen LogP contribution in [0.15, 0.2) is 139 Å². The van der Waals surface area contributed by atoms with Crippen molar-refractivity contribution in [2.24, 2.45) is 5.73 Å². The average Bonchev–Trinajstić information content (AvgIpc) is 3.71. The summed E-state index contributed by atoms with van der Waals surface area (Å²) in [5.74, 6) is 0.223. The molecule has 0 bridgehead atoms. The molecule has 2 N–H and O–H groups in total. The normalized spacial score (nSPS) is 19.7. The third-order valence-corrected chi connectivity index (χ3v) is 13.0. The van der Waals surface area contributed by atoms with Crippen LogP contribution in [0.3, 0.4) is 0 Å². The van der Waals surface area contributed by atoms with Gasteiger partial charge in [-0.1, -0.05) is 160 Å². The Hall–Kier alpha value is -5.50. The van der Waals surface area contributed by atoms with Crippen LogP contribution in [0.4, 0.5) is 0 Å². The maximum absolute atomic E-state index is 6.70. The third-order valence-electron chi connectivity index (χ3n) is 13.0. The van der Waals surface area contributed by atoms with Crippen molar-refractivity contribution in [1.82, 2.24) is 0 Å². The quantitative estimate of drug-likeness (QED) is 0.185. The Balaban J connectivity index is 0.00000202. The lowest BCUT2D eigenvalue weighted by Gasteiger charge is -2.32. The molecule has 0 heterocycles. The van der Waals surface area contributed by atoms with Gasteiger partial charge in [-0.2, -0.15) is 0 Å². The largest absolute Gasteiger partial charge is 0.326 e. The molecule has 0 fully saturated rings. The van der Waals surface area contributed by atoms with Crippen molar-refractivity contribution in [3.05, 3.63) is 200 Å². The first kappa shape index (κ1) is 36.2. The summed E-state index contributed by atoms with van der Waals surface area (Å²) in [4.78, 5) is 0. The lowest BCUT2D eigenvalue weighted by molar-refractivity contribution is 0.765. The van der Waals surface area contributed by atoms with Crippen LogP contribution < -0.4 is 5.73 Å². The second kappa shape index (κ2) is 14.9. The molecule has 5 aromatic rings. The van der Waals surface area contributed by atoms with Gasteiger partial charge in [0.25, 0.3) is 0 Å².